The van der Waals surface area contributed by atoms with Crippen LogP contribution in [0.4, 0.5) is 5.69 Å². The van der Waals surface area contributed by atoms with Crippen LogP contribution in [-0.4, -0.2) is 17.8 Å². The van der Waals surface area contributed by atoms with Crippen molar-refractivity contribution < 1.29 is 9.35 Å². The van der Waals surface area contributed by atoms with Crippen molar-refractivity contribution in [1.82, 2.24) is 4.57 Å². The summed E-state index contributed by atoms with van der Waals surface area (Å²) in [5.74, 6) is 0. The normalized spacial score (nSPS) is 12.5. The fourth-order valence-corrected chi connectivity index (χ4v) is 4.02. The van der Waals surface area contributed by atoms with Gasteiger partial charge in [0, 0.05) is 28.9 Å². The van der Waals surface area contributed by atoms with Gasteiger partial charge in [0.1, 0.15) is 0 Å². The summed E-state index contributed by atoms with van der Waals surface area (Å²) in [5.41, 5.74) is 4.05. The lowest BCUT2D eigenvalue weighted by Crippen LogP contribution is -2.40. The summed E-state index contributed by atoms with van der Waals surface area (Å²) in [6, 6.07) is 15.4. The van der Waals surface area contributed by atoms with Crippen LogP contribution in [0.3, 0.4) is 0 Å². The van der Waals surface area contributed by atoms with Crippen LogP contribution in [0.1, 0.15) is 32.0 Å². The van der Waals surface area contributed by atoms with Gasteiger partial charge in [0.2, 0.25) is 0 Å². The number of aryl methyl sites for hydroxylation is 1. The van der Waals surface area contributed by atoms with E-state index in [1.807, 2.05) is 25.1 Å². The number of non-ortho nitro benzene ring substituents is 1. The monoisotopic (exact) mass is 396 g/mol. The van der Waals surface area contributed by atoms with E-state index in [0.717, 1.165) is 27.8 Å². The highest BCUT2D eigenvalue weighted by Crippen LogP contribution is 2.38. The van der Waals surface area contributed by atoms with Crippen LogP contribution < -0.4 is 0 Å². The van der Waals surface area contributed by atoms with Crippen molar-refractivity contribution in [3.63, 3.8) is 0 Å². The molecule has 3 aromatic rings. The Morgan fingerprint density at radius 3 is 2.39 bits per heavy atom. The fraction of sp³-hybridized carbons (Fsp3) is 0.364. The van der Waals surface area contributed by atoms with E-state index < -0.39 is 8.32 Å². The Balaban J connectivity index is 2.09. The summed E-state index contributed by atoms with van der Waals surface area (Å²) >= 11 is 0. The Morgan fingerprint density at radius 2 is 1.79 bits per heavy atom. The van der Waals surface area contributed by atoms with Gasteiger partial charge in [0.15, 0.2) is 8.32 Å². The zero-order valence-corrected chi connectivity index (χ0v) is 18.4. The number of nitrogens with zero attached hydrogens (tertiary/aromatic N) is 2. The zero-order chi connectivity index (χ0) is 20.7. The minimum absolute atomic E-state index is 0.108. The van der Waals surface area contributed by atoms with E-state index in [1.165, 1.54) is 0 Å². The largest absolute Gasteiger partial charge is 0.411 e. The molecular formula is C22H28N2O3Si. The predicted molar refractivity (Wildman–Crippen MR) is 117 cm³/mol. The molecule has 0 aliphatic rings. The highest BCUT2D eigenvalue weighted by Gasteiger charge is 2.37. The Hall–Kier alpha value is -2.44. The summed E-state index contributed by atoms with van der Waals surface area (Å²) in [7, 11) is -1.90. The number of aromatic nitrogens is 1. The van der Waals surface area contributed by atoms with Crippen LogP contribution in [-0.2, 0) is 11.0 Å². The molecule has 0 fully saturated rings. The van der Waals surface area contributed by atoms with Gasteiger partial charge in [-0.2, -0.15) is 0 Å². The van der Waals surface area contributed by atoms with E-state index in [2.05, 4.69) is 56.6 Å². The fourth-order valence-electron chi connectivity index (χ4n) is 3.08. The third-order valence-corrected chi connectivity index (χ3v) is 10.3. The molecule has 1 aromatic heterocycles. The van der Waals surface area contributed by atoms with Crippen molar-refractivity contribution in [2.24, 2.45) is 0 Å². The molecule has 0 aliphatic heterocycles. The summed E-state index contributed by atoms with van der Waals surface area (Å²) in [4.78, 5) is 10.8. The second kappa shape index (κ2) is 7.18. The van der Waals surface area contributed by atoms with E-state index in [-0.39, 0.29) is 15.6 Å². The van der Waals surface area contributed by atoms with Crippen molar-refractivity contribution in [1.29, 1.82) is 0 Å². The lowest BCUT2D eigenvalue weighted by molar-refractivity contribution is -0.384. The van der Waals surface area contributed by atoms with E-state index in [1.54, 1.807) is 12.1 Å². The molecule has 0 atom stereocenters. The van der Waals surface area contributed by atoms with Gasteiger partial charge in [-0.1, -0.05) is 39.0 Å². The average molecular weight is 397 g/mol. The molecule has 0 aliphatic carbocycles. The molecule has 0 unspecified atom stereocenters. The molecular weight excluding hydrogens is 368 g/mol. The van der Waals surface area contributed by atoms with Gasteiger partial charge in [0.25, 0.3) is 5.69 Å². The second-order valence-electron chi connectivity index (χ2n) is 8.81. The summed E-state index contributed by atoms with van der Waals surface area (Å²) in [6.45, 7) is 13.6. The van der Waals surface area contributed by atoms with Crippen molar-refractivity contribution in [3.05, 3.63) is 69.9 Å². The van der Waals surface area contributed by atoms with Crippen molar-refractivity contribution in [2.45, 2.75) is 52.4 Å². The topological polar surface area (TPSA) is 57.3 Å². The number of nitro benzene ring substituents is 1. The Bertz CT molecular complexity index is 1030. The van der Waals surface area contributed by atoms with Crippen LogP contribution in [0.15, 0.2) is 48.5 Å². The summed E-state index contributed by atoms with van der Waals surface area (Å²) in [6.07, 6.45) is 0. The maximum Gasteiger partial charge on any atom is 0.269 e. The van der Waals surface area contributed by atoms with Gasteiger partial charge in [-0.05, 0) is 48.8 Å². The summed E-state index contributed by atoms with van der Waals surface area (Å²) < 4.78 is 8.65. The van der Waals surface area contributed by atoms with E-state index in [4.69, 9.17) is 4.43 Å². The maximum atomic E-state index is 11.1. The third-order valence-electron chi connectivity index (χ3n) is 5.81. The van der Waals surface area contributed by atoms with E-state index in [0.29, 0.717) is 6.61 Å². The molecule has 1 heterocycles. The van der Waals surface area contributed by atoms with Crippen LogP contribution >= 0.6 is 0 Å². The van der Waals surface area contributed by atoms with Crippen LogP contribution in [0.5, 0.6) is 0 Å². The number of fused-ring (bicyclic) bond motifs is 1. The van der Waals surface area contributed by atoms with E-state index in [9.17, 15) is 10.1 Å². The third kappa shape index (κ3) is 3.75. The highest BCUT2D eigenvalue weighted by molar-refractivity contribution is 6.74. The van der Waals surface area contributed by atoms with Crippen molar-refractivity contribution in [3.8, 4) is 5.69 Å². The van der Waals surface area contributed by atoms with Crippen molar-refractivity contribution in [2.75, 3.05) is 0 Å². The molecule has 0 radical (unpaired) electrons. The molecule has 148 valence electrons. The number of rotatable bonds is 5. The Labute approximate surface area is 167 Å². The molecule has 28 heavy (non-hydrogen) atoms. The first-order chi connectivity index (χ1) is 13.0. The standard InChI is InChI=1S/C22H28N2O3Si/c1-16-13-18(24(25)26)11-12-20(16)23-19(14-17-9-7-8-10-21(17)23)15-27-28(5,6)22(2,3)4/h7-14H,15H2,1-6H3. The molecule has 6 heteroatoms. The van der Waals surface area contributed by atoms with Gasteiger partial charge in [-0.15, -0.1) is 0 Å². The lowest BCUT2D eigenvalue weighted by Gasteiger charge is -2.36. The molecule has 2 aromatic carbocycles. The van der Waals surface area contributed by atoms with Gasteiger partial charge in [-0.3, -0.25) is 10.1 Å². The Kier molecular flexibility index (Phi) is 5.21. The molecule has 0 saturated carbocycles. The summed E-state index contributed by atoms with van der Waals surface area (Å²) in [5, 5.41) is 12.4. The SMILES string of the molecule is Cc1cc([N+](=O)[O-])ccc1-n1c(CO[Si](C)(C)C(C)(C)C)cc2ccccc21. The first kappa shape index (κ1) is 20.3. The number of nitro groups is 1. The Morgan fingerprint density at radius 1 is 1.11 bits per heavy atom. The molecule has 0 spiro atoms. The zero-order valence-electron chi connectivity index (χ0n) is 17.4. The van der Waals surface area contributed by atoms with E-state index >= 15 is 0 Å². The average Bonchev–Trinajstić information content (AvgIpc) is 2.97. The quantitative estimate of drug-likeness (QED) is 0.286. The van der Waals surface area contributed by atoms with Gasteiger partial charge < -0.3 is 8.99 Å². The number of hydrogen-bond acceptors (Lipinski definition) is 3. The number of hydrogen-bond donors (Lipinski definition) is 0. The molecule has 3 rings (SSSR count). The molecule has 0 amide bonds. The van der Waals surface area contributed by atoms with Crippen LogP contribution in [0, 0.1) is 17.0 Å². The highest BCUT2D eigenvalue weighted by atomic mass is 28.4. The van der Waals surface area contributed by atoms with Crippen molar-refractivity contribution >= 4 is 24.9 Å². The smallest absolute Gasteiger partial charge is 0.269 e. The van der Waals surface area contributed by atoms with Gasteiger partial charge in [0.05, 0.1) is 17.0 Å². The lowest BCUT2D eigenvalue weighted by atomic mass is 10.1. The minimum atomic E-state index is -1.90. The molecule has 0 saturated heterocycles. The minimum Gasteiger partial charge on any atom is -0.411 e. The van der Waals surface area contributed by atoms with Crippen LogP contribution in [0.25, 0.3) is 16.6 Å². The molecule has 0 N–H and O–H groups in total. The first-order valence-corrected chi connectivity index (χ1v) is 12.4. The number of benzene rings is 2. The molecule has 0 bridgehead atoms. The predicted octanol–water partition coefficient (Wildman–Crippen LogP) is 6.37. The maximum absolute atomic E-state index is 11.1. The van der Waals surface area contributed by atoms with Gasteiger partial charge >= 0.3 is 0 Å². The van der Waals surface area contributed by atoms with Crippen LogP contribution in [0.2, 0.25) is 18.1 Å². The number of para-hydroxylation sites is 1. The second-order valence-corrected chi connectivity index (χ2v) is 13.6. The molecule has 5 nitrogen and oxygen atoms in total. The first-order valence-electron chi connectivity index (χ1n) is 9.50. The van der Waals surface area contributed by atoms with Gasteiger partial charge in [-0.25, -0.2) is 0 Å².